The van der Waals surface area contributed by atoms with Gasteiger partial charge in [-0.2, -0.15) is 0 Å². The Morgan fingerprint density at radius 3 is 2.41 bits per heavy atom. The normalized spacial score (nSPS) is 17.2. The van der Waals surface area contributed by atoms with E-state index in [1.807, 2.05) is 32.0 Å². The minimum atomic E-state index is -0.852. The zero-order valence-corrected chi connectivity index (χ0v) is 20.6. The highest BCUT2D eigenvalue weighted by atomic mass is 79.9. The van der Waals surface area contributed by atoms with E-state index in [9.17, 15) is 14.7 Å². The number of hydrogen-bond acceptors (Lipinski definition) is 5. The van der Waals surface area contributed by atoms with Gasteiger partial charge in [-0.3, -0.25) is 14.5 Å². The van der Waals surface area contributed by atoms with E-state index in [4.69, 9.17) is 9.47 Å². The molecular weight excluding hydrogens is 498 g/mol. The third kappa shape index (κ3) is 4.31. The van der Waals surface area contributed by atoms with E-state index in [1.165, 1.54) is 12.0 Å². The zero-order chi connectivity index (χ0) is 24.4. The molecular formula is C27H24BrNO5. The predicted octanol–water partition coefficient (Wildman–Crippen LogP) is 5.79. The maximum Gasteiger partial charge on any atom is 0.300 e. The van der Waals surface area contributed by atoms with Gasteiger partial charge < -0.3 is 14.6 Å². The van der Waals surface area contributed by atoms with Gasteiger partial charge in [0.2, 0.25) is 0 Å². The number of halogens is 1. The quantitative estimate of drug-likeness (QED) is 0.252. The van der Waals surface area contributed by atoms with Gasteiger partial charge in [-0.25, -0.2) is 0 Å². The van der Waals surface area contributed by atoms with Crippen LogP contribution in [0.1, 0.15) is 29.7 Å². The van der Waals surface area contributed by atoms with E-state index in [-0.39, 0.29) is 11.3 Å². The van der Waals surface area contributed by atoms with Crippen LogP contribution >= 0.6 is 15.9 Å². The van der Waals surface area contributed by atoms with E-state index in [0.717, 1.165) is 10.0 Å². The van der Waals surface area contributed by atoms with E-state index in [0.29, 0.717) is 34.9 Å². The molecule has 6 nitrogen and oxygen atoms in total. The van der Waals surface area contributed by atoms with Gasteiger partial charge in [0, 0.05) is 15.7 Å². The van der Waals surface area contributed by atoms with Crippen molar-refractivity contribution < 1.29 is 24.2 Å². The van der Waals surface area contributed by atoms with E-state index in [1.54, 1.807) is 48.5 Å². The highest BCUT2D eigenvalue weighted by molar-refractivity contribution is 9.10. The number of ether oxygens (including phenoxy) is 2. The molecule has 174 valence electrons. The molecule has 1 heterocycles. The highest BCUT2D eigenvalue weighted by Gasteiger charge is 2.47. The molecule has 1 atom stereocenters. The zero-order valence-electron chi connectivity index (χ0n) is 19.0. The van der Waals surface area contributed by atoms with Crippen LogP contribution in [-0.4, -0.2) is 30.5 Å². The molecule has 34 heavy (non-hydrogen) atoms. The third-order valence-corrected chi connectivity index (χ3v) is 6.17. The first-order valence-electron chi connectivity index (χ1n) is 10.8. The van der Waals surface area contributed by atoms with Gasteiger partial charge in [-0.05, 0) is 61.4 Å². The number of rotatable bonds is 6. The number of ketones is 1. The fraction of sp³-hybridized carbons (Fsp3) is 0.185. The molecule has 0 bridgehead atoms. The number of methoxy groups -OCH3 is 1. The first-order chi connectivity index (χ1) is 16.3. The van der Waals surface area contributed by atoms with Crippen LogP contribution in [0.5, 0.6) is 11.5 Å². The van der Waals surface area contributed by atoms with Crippen molar-refractivity contribution in [2.45, 2.75) is 19.9 Å². The molecule has 1 N–H and O–H groups in total. The van der Waals surface area contributed by atoms with Crippen molar-refractivity contribution in [3.05, 3.63) is 93.5 Å². The van der Waals surface area contributed by atoms with Crippen LogP contribution < -0.4 is 14.4 Å². The van der Waals surface area contributed by atoms with Gasteiger partial charge >= 0.3 is 0 Å². The van der Waals surface area contributed by atoms with Crippen LogP contribution in [0.4, 0.5) is 5.69 Å². The van der Waals surface area contributed by atoms with Gasteiger partial charge in [0.25, 0.3) is 11.7 Å². The second kappa shape index (κ2) is 9.73. The number of aliphatic hydroxyl groups is 1. The molecule has 7 heteroatoms. The Morgan fingerprint density at radius 2 is 1.76 bits per heavy atom. The maximum atomic E-state index is 13.3. The first kappa shape index (κ1) is 23.6. The average Bonchev–Trinajstić information content (AvgIpc) is 3.10. The number of nitrogens with zero attached hydrogens (tertiary/aromatic N) is 1. The Bertz CT molecular complexity index is 1280. The smallest absolute Gasteiger partial charge is 0.300 e. The Morgan fingerprint density at radius 1 is 1.03 bits per heavy atom. The predicted molar refractivity (Wildman–Crippen MR) is 134 cm³/mol. The summed E-state index contributed by atoms with van der Waals surface area (Å²) >= 11 is 3.38. The minimum Gasteiger partial charge on any atom is -0.507 e. The lowest BCUT2D eigenvalue weighted by Crippen LogP contribution is -2.29. The van der Waals surface area contributed by atoms with E-state index < -0.39 is 17.7 Å². The summed E-state index contributed by atoms with van der Waals surface area (Å²) in [4.78, 5) is 28.0. The van der Waals surface area contributed by atoms with Crippen molar-refractivity contribution in [3.8, 4) is 11.5 Å². The third-order valence-electron chi connectivity index (χ3n) is 5.65. The topological polar surface area (TPSA) is 76.1 Å². The molecule has 4 rings (SSSR count). The van der Waals surface area contributed by atoms with Gasteiger partial charge in [0.1, 0.15) is 5.76 Å². The van der Waals surface area contributed by atoms with Crippen LogP contribution in [0.3, 0.4) is 0 Å². The molecule has 3 aromatic rings. The molecule has 0 aliphatic carbocycles. The van der Waals surface area contributed by atoms with Crippen molar-refractivity contribution >= 4 is 39.1 Å². The van der Waals surface area contributed by atoms with Crippen molar-refractivity contribution in [1.82, 2.24) is 0 Å². The molecule has 0 radical (unpaired) electrons. The standard InChI is InChI=1S/C27H24BrNO5/c1-4-34-21-13-10-18(15-22(21)33-3)24-23(25(30)17-8-11-19(28)12-9-17)26(31)27(32)29(24)20-7-5-6-16(2)14-20/h5-15,24,30H,4H2,1-3H3/b25-23-. The molecule has 1 saturated heterocycles. The second-order valence-corrected chi connectivity index (χ2v) is 8.77. The van der Waals surface area contributed by atoms with Crippen LogP contribution in [0.2, 0.25) is 0 Å². The lowest BCUT2D eigenvalue weighted by atomic mass is 9.94. The largest absolute Gasteiger partial charge is 0.507 e. The Hall–Kier alpha value is -3.58. The molecule has 0 spiro atoms. The summed E-state index contributed by atoms with van der Waals surface area (Å²) in [5.41, 5.74) is 2.57. The second-order valence-electron chi connectivity index (χ2n) is 7.86. The number of carbonyl (C=O) groups excluding carboxylic acids is 2. The fourth-order valence-electron chi connectivity index (χ4n) is 4.08. The van der Waals surface area contributed by atoms with Gasteiger partial charge in [-0.15, -0.1) is 0 Å². The Kier molecular flexibility index (Phi) is 6.75. The monoisotopic (exact) mass is 521 g/mol. The first-order valence-corrected chi connectivity index (χ1v) is 11.6. The Labute approximate surface area is 206 Å². The molecule has 1 unspecified atom stereocenters. The highest BCUT2D eigenvalue weighted by Crippen LogP contribution is 2.44. The van der Waals surface area contributed by atoms with Crippen molar-refractivity contribution in [2.24, 2.45) is 0 Å². The molecule has 1 fully saturated rings. The Balaban J connectivity index is 1.95. The number of anilines is 1. The molecule has 0 saturated carbocycles. The van der Waals surface area contributed by atoms with E-state index >= 15 is 0 Å². The number of amides is 1. The summed E-state index contributed by atoms with van der Waals surface area (Å²) in [7, 11) is 1.53. The summed E-state index contributed by atoms with van der Waals surface area (Å²) < 4.78 is 12.0. The summed E-state index contributed by atoms with van der Waals surface area (Å²) in [5.74, 6) is -0.673. The minimum absolute atomic E-state index is 0.0139. The summed E-state index contributed by atoms with van der Waals surface area (Å²) in [6.45, 7) is 4.25. The van der Waals surface area contributed by atoms with Crippen LogP contribution in [0.25, 0.3) is 5.76 Å². The summed E-state index contributed by atoms with van der Waals surface area (Å²) in [6.07, 6.45) is 0. The lowest BCUT2D eigenvalue weighted by Gasteiger charge is -2.26. The molecule has 1 aliphatic rings. The van der Waals surface area contributed by atoms with E-state index in [2.05, 4.69) is 15.9 Å². The van der Waals surface area contributed by atoms with Gasteiger partial charge in [-0.1, -0.05) is 46.3 Å². The fourth-order valence-corrected chi connectivity index (χ4v) is 4.35. The number of Topliss-reactive ketones (excluding diaryl/α,β-unsaturated/α-hetero) is 1. The number of aliphatic hydroxyl groups excluding tert-OH is 1. The number of carbonyl (C=O) groups is 2. The summed E-state index contributed by atoms with van der Waals surface area (Å²) in [6, 6.07) is 18.7. The average molecular weight is 522 g/mol. The van der Waals surface area contributed by atoms with Gasteiger partial charge in [0.05, 0.1) is 25.3 Å². The van der Waals surface area contributed by atoms with Crippen molar-refractivity contribution in [3.63, 3.8) is 0 Å². The SMILES string of the molecule is CCOc1ccc(C2/C(=C(/O)c3ccc(Br)cc3)C(=O)C(=O)N2c2cccc(C)c2)cc1OC. The van der Waals surface area contributed by atoms with Crippen molar-refractivity contribution in [2.75, 3.05) is 18.6 Å². The summed E-state index contributed by atoms with van der Waals surface area (Å²) in [5, 5.41) is 11.2. The van der Waals surface area contributed by atoms with Gasteiger partial charge in [0.15, 0.2) is 11.5 Å². The molecule has 3 aromatic carbocycles. The van der Waals surface area contributed by atoms with Crippen LogP contribution in [-0.2, 0) is 9.59 Å². The molecule has 0 aromatic heterocycles. The number of aryl methyl sites for hydroxylation is 1. The maximum absolute atomic E-state index is 13.3. The van der Waals surface area contributed by atoms with Crippen LogP contribution in [0.15, 0.2) is 76.8 Å². The molecule has 1 amide bonds. The van der Waals surface area contributed by atoms with Crippen molar-refractivity contribution in [1.29, 1.82) is 0 Å². The number of hydrogen-bond donors (Lipinski definition) is 1. The van der Waals surface area contributed by atoms with Crippen LogP contribution in [0, 0.1) is 6.92 Å². The lowest BCUT2D eigenvalue weighted by molar-refractivity contribution is -0.132. The molecule has 1 aliphatic heterocycles. The number of benzene rings is 3.